The summed E-state index contributed by atoms with van der Waals surface area (Å²) in [6, 6.07) is 4.66. The third-order valence-corrected chi connectivity index (χ3v) is 6.03. The van der Waals surface area contributed by atoms with Gasteiger partial charge in [-0.3, -0.25) is 0 Å². The fraction of sp³-hybridized carbons (Fsp3) is 0.500. The second kappa shape index (κ2) is 5.89. The highest BCUT2D eigenvalue weighted by Gasteiger charge is 2.32. The number of sulfone groups is 1. The first-order valence-corrected chi connectivity index (χ1v) is 9.46. The zero-order valence-corrected chi connectivity index (χ0v) is 12.9. The van der Waals surface area contributed by atoms with Gasteiger partial charge >= 0.3 is 0 Å². The van der Waals surface area contributed by atoms with E-state index in [1.807, 2.05) is 0 Å². The lowest BCUT2D eigenvalue weighted by molar-refractivity contribution is 0.582. The molecule has 1 saturated heterocycles. The Hall–Kier alpha value is -0.460. The number of hydrogen-bond acceptors (Lipinski definition) is 4. The molecule has 0 spiro atoms. The van der Waals surface area contributed by atoms with Crippen LogP contribution in [0.2, 0.25) is 0 Å². The third-order valence-electron chi connectivity index (χ3n) is 3.12. The Labute approximate surface area is 122 Å². The predicted octanol–water partition coefficient (Wildman–Crippen LogP) is 2.49. The summed E-state index contributed by atoms with van der Waals surface area (Å²) in [6.45, 7) is 0.579. The average molecular weight is 324 g/mol. The van der Waals surface area contributed by atoms with E-state index in [9.17, 15) is 12.8 Å². The quantitative estimate of drug-likeness (QED) is 0.801. The number of anilines is 1. The van der Waals surface area contributed by atoms with E-state index < -0.39 is 21.0 Å². The molecule has 3 nitrogen and oxygen atoms in total. The van der Waals surface area contributed by atoms with Crippen molar-refractivity contribution < 1.29 is 12.8 Å². The van der Waals surface area contributed by atoms with E-state index in [4.69, 9.17) is 11.6 Å². The lowest BCUT2D eigenvalue weighted by Gasteiger charge is -2.37. The second-order valence-corrected chi connectivity index (χ2v) is 8.04. The van der Waals surface area contributed by atoms with E-state index in [1.54, 1.807) is 28.8 Å². The maximum Gasteiger partial charge on any atom is 0.169 e. The molecule has 0 amide bonds. The normalized spacial score (nSPS) is 20.6. The van der Waals surface area contributed by atoms with Gasteiger partial charge in [0.25, 0.3) is 0 Å². The molecular formula is C12H15ClFNO2S2. The molecule has 0 aromatic heterocycles. The van der Waals surface area contributed by atoms with E-state index >= 15 is 0 Å². The van der Waals surface area contributed by atoms with Crippen molar-refractivity contribution in [2.75, 3.05) is 29.2 Å². The maximum atomic E-state index is 13.8. The minimum atomic E-state index is -3.22. The van der Waals surface area contributed by atoms with Gasteiger partial charge in [0.15, 0.2) is 9.84 Å². The van der Waals surface area contributed by atoms with Crippen molar-refractivity contribution in [3.8, 4) is 0 Å². The SMILES string of the molecule is CS(=O)(=O)C1CSCCN1c1cccc(F)c1CCl. The van der Waals surface area contributed by atoms with Crippen molar-refractivity contribution in [1.29, 1.82) is 0 Å². The predicted molar refractivity (Wildman–Crippen MR) is 79.3 cm³/mol. The lowest BCUT2D eigenvalue weighted by Crippen LogP contribution is -2.47. The van der Waals surface area contributed by atoms with Crippen LogP contribution in [0.4, 0.5) is 10.1 Å². The zero-order chi connectivity index (χ0) is 14.0. The van der Waals surface area contributed by atoms with E-state index in [1.165, 1.54) is 12.3 Å². The monoisotopic (exact) mass is 323 g/mol. The van der Waals surface area contributed by atoms with Gasteiger partial charge in [-0.25, -0.2) is 12.8 Å². The summed E-state index contributed by atoms with van der Waals surface area (Å²) in [5.41, 5.74) is 0.954. The van der Waals surface area contributed by atoms with E-state index in [-0.39, 0.29) is 5.88 Å². The molecule has 19 heavy (non-hydrogen) atoms. The molecule has 1 aromatic carbocycles. The Kier molecular flexibility index (Phi) is 4.63. The first-order chi connectivity index (χ1) is 8.95. The van der Waals surface area contributed by atoms with Crippen molar-refractivity contribution in [3.63, 3.8) is 0 Å². The van der Waals surface area contributed by atoms with Gasteiger partial charge in [0, 0.05) is 35.6 Å². The minimum Gasteiger partial charge on any atom is -0.353 e. The summed E-state index contributed by atoms with van der Waals surface area (Å²) in [5, 5.41) is -0.616. The van der Waals surface area contributed by atoms with Gasteiger partial charge in [-0.05, 0) is 12.1 Å². The Morgan fingerprint density at radius 1 is 1.53 bits per heavy atom. The molecule has 1 unspecified atom stereocenters. The number of halogens is 2. The molecule has 106 valence electrons. The molecule has 7 heteroatoms. The van der Waals surface area contributed by atoms with E-state index in [0.29, 0.717) is 23.5 Å². The molecule has 0 saturated carbocycles. The number of rotatable bonds is 3. The Balaban J connectivity index is 2.46. The van der Waals surface area contributed by atoms with Crippen LogP contribution in [0, 0.1) is 5.82 Å². The molecule has 1 heterocycles. The molecule has 2 rings (SSSR count). The van der Waals surface area contributed by atoms with Gasteiger partial charge in [-0.1, -0.05) is 6.07 Å². The molecule has 1 aromatic rings. The van der Waals surface area contributed by atoms with Crippen LogP contribution in [0.3, 0.4) is 0 Å². The molecular weight excluding hydrogens is 309 g/mol. The number of alkyl halides is 1. The molecule has 0 aliphatic carbocycles. The minimum absolute atomic E-state index is 0.0299. The topological polar surface area (TPSA) is 37.4 Å². The zero-order valence-electron chi connectivity index (χ0n) is 10.5. The highest BCUT2D eigenvalue weighted by Crippen LogP contribution is 2.31. The van der Waals surface area contributed by atoms with Crippen LogP contribution in [0.1, 0.15) is 5.56 Å². The Bertz CT molecular complexity index is 565. The van der Waals surface area contributed by atoms with Crippen molar-refractivity contribution in [3.05, 3.63) is 29.6 Å². The van der Waals surface area contributed by atoms with Crippen molar-refractivity contribution in [1.82, 2.24) is 0 Å². The van der Waals surface area contributed by atoms with E-state index in [2.05, 4.69) is 0 Å². The summed E-state index contributed by atoms with van der Waals surface area (Å²) in [7, 11) is -3.22. The molecule has 0 N–H and O–H groups in total. The van der Waals surface area contributed by atoms with Crippen LogP contribution in [0.15, 0.2) is 18.2 Å². The standard InChI is InChI=1S/C12H15ClFNO2S2/c1-19(16,17)12-8-18-6-5-15(12)11-4-2-3-10(14)9(11)7-13/h2-4,12H,5-8H2,1H3. The van der Waals surface area contributed by atoms with Crippen LogP contribution >= 0.6 is 23.4 Å². The molecule has 1 fully saturated rings. The molecule has 1 atom stereocenters. The van der Waals surface area contributed by atoms with Gasteiger partial charge in [-0.15, -0.1) is 11.6 Å². The van der Waals surface area contributed by atoms with Crippen LogP contribution in [0.25, 0.3) is 0 Å². The van der Waals surface area contributed by atoms with E-state index in [0.717, 1.165) is 5.75 Å². The Morgan fingerprint density at radius 2 is 2.26 bits per heavy atom. The molecule has 0 bridgehead atoms. The number of benzene rings is 1. The van der Waals surface area contributed by atoms with Gasteiger partial charge in [0.2, 0.25) is 0 Å². The largest absolute Gasteiger partial charge is 0.353 e. The lowest BCUT2D eigenvalue weighted by atomic mass is 10.1. The summed E-state index contributed by atoms with van der Waals surface area (Å²) >= 11 is 7.40. The average Bonchev–Trinajstić information content (AvgIpc) is 2.37. The molecule has 0 radical (unpaired) electrons. The van der Waals surface area contributed by atoms with Gasteiger partial charge in [0.05, 0.1) is 5.88 Å². The summed E-state index contributed by atoms with van der Waals surface area (Å²) in [5.74, 6) is 0.960. The summed E-state index contributed by atoms with van der Waals surface area (Å²) < 4.78 is 37.5. The smallest absolute Gasteiger partial charge is 0.169 e. The Morgan fingerprint density at radius 3 is 2.89 bits per heavy atom. The first-order valence-electron chi connectivity index (χ1n) is 5.81. The van der Waals surface area contributed by atoms with Crippen molar-refractivity contribution in [2.24, 2.45) is 0 Å². The van der Waals surface area contributed by atoms with Crippen LogP contribution in [-0.2, 0) is 15.7 Å². The van der Waals surface area contributed by atoms with Crippen LogP contribution in [-0.4, -0.2) is 38.1 Å². The van der Waals surface area contributed by atoms with Crippen molar-refractivity contribution >= 4 is 38.9 Å². The summed E-state index contributed by atoms with van der Waals surface area (Å²) in [6.07, 6.45) is 1.22. The fourth-order valence-corrected chi connectivity index (χ4v) is 5.26. The number of hydrogen-bond donors (Lipinski definition) is 0. The van der Waals surface area contributed by atoms with Crippen molar-refractivity contribution in [2.45, 2.75) is 11.3 Å². The second-order valence-electron chi connectivity index (χ2n) is 4.42. The van der Waals surface area contributed by atoms with Crippen LogP contribution < -0.4 is 4.90 Å². The third kappa shape index (κ3) is 3.17. The highest BCUT2D eigenvalue weighted by atomic mass is 35.5. The number of nitrogens with zero attached hydrogens (tertiary/aromatic N) is 1. The van der Waals surface area contributed by atoms with Gasteiger partial charge < -0.3 is 4.90 Å². The molecule has 1 aliphatic rings. The van der Waals surface area contributed by atoms with Gasteiger partial charge in [0.1, 0.15) is 11.2 Å². The fourth-order valence-electron chi connectivity index (χ4n) is 2.16. The van der Waals surface area contributed by atoms with Gasteiger partial charge in [-0.2, -0.15) is 11.8 Å². The number of thioether (sulfide) groups is 1. The first kappa shape index (κ1) is 14.9. The highest BCUT2D eigenvalue weighted by molar-refractivity contribution is 8.01. The summed E-state index contributed by atoms with van der Waals surface area (Å²) in [4.78, 5) is 1.76. The van der Waals surface area contributed by atoms with Crippen LogP contribution in [0.5, 0.6) is 0 Å². The molecule has 1 aliphatic heterocycles. The maximum absolute atomic E-state index is 13.8.